The molecule has 0 aromatic carbocycles. The van der Waals surface area contributed by atoms with Gasteiger partial charge in [-0.15, -0.1) is 0 Å². The molecular weight excluding hydrogens is 292 g/mol. The van der Waals surface area contributed by atoms with Gasteiger partial charge in [0.05, 0.1) is 17.4 Å². The zero-order valence-corrected chi connectivity index (χ0v) is 14.4. The van der Waals surface area contributed by atoms with Crippen LogP contribution < -0.4 is 16.4 Å². The Bertz CT molecular complexity index is 568. The van der Waals surface area contributed by atoms with Crippen molar-refractivity contribution in [3.8, 4) is 0 Å². The number of aliphatic hydroxyl groups is 1. The minimum atomic E-state index is -0.507. The number of primary amides is 1. The van der Waals surface area contributed by atoms with Crippen LogP contribution in [0.1, 0.15) is 57.3 Å². The van der Waals surface area contributed by atoms with E-state index in [2.05, 4.69) is 22.5 Å². The molecule has 1 amide bonds. The van der Waals surface area contributed by atoms with Gasteiger partial charge in [0.2, 0.25) is 0 Å². The largest absolute Gasteiger partial charge is 0.393 e. The number of amides is 1. The molecule has 0 bridgehead atoms. The molecule has 1 heterocycles. The Labute approximate surface area is 137 Å². The van der Waals surface area contributed by atoms with Crippen LogP contribution in [-0.4, -0.2) is 33.7 Å². The summed E-state index contributed by atoms with van der Waals surface area (Å²) in [6.45, 7) is 8.20. The maximum absolute atomic E-state index is 11.6. The summed E-state index contributed by atoms with van der Waals surface area (Å²) in [5.41, 5.74) is 6.37. The molecule has 1 aromatic heterocycles. The number of carbonyl (C=O) groups excluding carboxylic acids is 1. The summed E-state index contributed by atoms with van der Waals surface area (Å²) in [5.74, 6) is 0.501. The molecule has 23 heavy (non-hydrogen) atoms. The summed E-state index contributed by atoms with van der Waals surface area (Å²) in [6.07, 6.45) is 3.78. The zero-order valence-electron chi connectivity index (χ0n) is 14.4. The third-order valence-corrected chi connectivity index (χ3v) is 4.19. The number of hydrogen-bond acceptors (Lipinski definition) is 5. The van der Waals surface area contributed by atoms with Crippen molar-refractivity contribution in [1.82, 2.24) is 4.98 Å². The van der Waals surface area contributed by atoms with Crippen LogP contribution in [0.4, 0.5) is 11.5 Å². The van der Waals surface area contributed by atoms with Crippen LogP contribution in [-0.2, 0) is 0 Å². The Kier molecular flexibility index (Phi) is 5.14. The molecule has 1 saturated carbocycles. The minimum Gasteiger partial charge on any atom is -0.393 e. The van der Waals surface area contributed by atoms with E-state index in [4.69, 9.17) is 5.73 Å². The fourth-order valence-electron chi connectivity index (χ4n) is 2.87. The van der Waals surface area contributed by atoms with Gasteiger partial charge in [0.1, 0.15) is 5.82 Å². The van der Waals surface area contributed by atoms with Crippen molar-refractivity contribution < 1.29 is 9.90 Å². The van der Waals surface area contributed by atoms with E-state index in [1.807, 2.05) is 26.8 Å². The lowest BCUT2D eigenvalue weighted by Gasteiger charge is -2.32. The van der Waals surface area contributed by atoms with Crippen molar-refractivity contribution in [2.24, 2.45) is 11.7 Å². The molecule has 3 atom stereocenters. The number of pyridine rings is 1. The Morgan fingerprint density at radius 2 is 2.09 bits per heavy atom. The second kappa shape index (κ2) is 6.74. The molecule has 0 radical (unpaired) electrons. The molecule has 1 aromatic rings. The number of nitrogens with one attached hydrogen (secondary N) is 2. The van der Waals surface area contributed by atoms with Gasteiger partial charge < -0.3 is 21.5 Å². The molecule has 6 nitrogen and oxygen atoms in total. The van der Waals surface area contributed by atoms with E-state index in [1.165, 1.54) is 6.20 Å². The molecule has 0 spiro atoms. The number of aliphatic hydroxyl groups excluding tert-OH is 1. The van der Waals surface area contributed by atoms with Crippen molar-refractivity contribution in [2.45, 2.75) is 64.6 Å². The lowest BCUT2D eigenvalue weighted by molar-refractivity contribution is 0.0740. The lowest BCUT2D eigenvalue weighted by atomic mass is 9.84. The topological polar surface area (TPSA) is 100 Å². The predicted octanol–water partition coefficient (Wildman–Crippen LogP) is 2.35. The van der Waals surface area contributed by atoms with Gasteiger partial charge in [-0.1, -0.05) is 6.92 Å². The Balaban J connectivity index is 2.20. The Morgan fingerprint density at radius 3 is 2.65 bits per heavy atom. The Morgan fingerprint density at radius 1 is 1.39 bits per heavy atom. The highest BCUT2D eigenvalue weighted by Gasteiger charge is 2.27. The van der Waals surface area contributed by atoms with Crippen molar-refractivity contribution >= 4 is 17.4 Å². The molecule has 1 fully saturated rings. The van der Waals surface area contributed by atoms with Crippen molar-refractivity contribution in [1.29, 1.82) is 0 Å². The first-order chi connectivity index (χ1) is 10.7. The number of carbonyl (C=O) groups is 1. The summed E-state index contributed by atoms with van der Waals surface area (Å²) < 4.78 is 0. The predicted molar refractivity (Wildman–Crippen MR) is 92.6 cm³/mol. The monoisotopic (exact) mass is 320 g/mol. The number of anilines is 2. The second-order valence-corrected chi connectivity index (χ2v) is 7.55. The smallest absolute Gasteiger partial charge is 0.252 e. The normalized spacial score (nSPS) is 25.0. The lowest BCUT2D eigenvalue weighted by Crippen LogP contribution is -2.35. The van der Waals surface area contributed by atoms with Crippen LogP contribution >= 0.6 is 0 Å². The average molecular weight is 320 g/mol. The van der Waals surface area contributed by atoms with Crippen LogP contribution in [0.3, 0.4) is 0 Å². The van der Waals surface area contributed by atoms with E-state index in [1.54, 1.807) is 0 Å². The molecule has 5 N–H and O–H groups in total. The summed E-state index contributed by atoms with van der Waals surface area (Å²) in [4.78, 5) is 15.9. The van der Waals surface area contributed by atoms with Gasteiger partial charge in [-0.3, -0.25) is 4.79 Å². The number of nitrogens with two attached hydrogens (primary N) is 1. The Hall–Kier alpha value is -1.82. The number of rotatable bonds is 4. The van der Waals surface area contributed by atoms with Gasteiger partial charge >= 0.3 is 0 Å². The number of aromatic nitrogens is 1. The minimum absolute atomic E-state index is 0.129. The van der Waals surface area contributed by atoms with Gasteiger partial charge in [0, 0.05) is 23.8 Å². The molecule has 0 aliphatic heterocycles. The van der Waals surface area contributed by atoms with E-state index >= 15 is 0 Å². The van der Waals surface area contributed by atoms with Gasteiger partial charge in [0.25, 0.3) is 5.91 Å². The first-order valence-electron chi connectivity index (χ1n) is 8.18. The molecule has 6 heteroatoms. The van der Waals surface area contributed by atoms with Gasteiger partial charge in [-0.05, 0) is 46.0 Å². The quantitative estimate of drug-likeness (QED) is 0.682. The third-order valence-electron chi connectivity index (χ3n) is 4.19. The van der Waals surface area contributed by atoms with Gasteiger partial charge in [-0.25, -0.2) is 4.98 Å². The molecule has 2 rings (SSSR count). The van der Waals surface area contributed by atoms with Crippen LogP contribution in [0.2, 0.25) is 0 Å². The molecule has 1 aliphatic rings. The maximum Gasteiger partial charge on any atom is 0.252 e. The van der Waals surface area contributed by atoms with Crippen molar-refractivity contribution in [3.63, 3.8) is 0 Å². The fraction of sp³-hybridized carbons (Fsp3) is 0.647. The van der Waals surface area contributed by atoms with Crippen LogP contribution in [0.5, 0.6) is 0 Å². The van der Waals surface area contributed by atoms with E-state index in [0.717, 1.165) is 12.8 Å². The van der Waals surface area contributed by atoms with Gasteiger partial charge in [-0.2, -0.15) is 0 Å². The summed E-state index contributed by atoms with van der Waals surface area (Å²) >= 11 is 0. The maximum atomic E-state index is 11.6. The highest BCUT2D eigenvalue weighted by atomic mass is 16.3. The highest BCUT2D eigenvalue weighted by Crippen LogP contribution is 2.28. The SMILES string of the molecule is C[C@@H]1CC[C@@H](Nc2cc(NC(C)(C)C)ncc2C(N)=O)C[C@H]1O. The molecule has 0 unspecified atom stereocenters. The van der Waals surface area contributed by atoms with Gasteiger partial charge in [0.15, 0.2) is 0 Å². The zero-order chi connectivity index (χ0) is 17.2. The van der Waals surface area contributed by atoms with E-state index in [0.29, 0.717) is 29.4 Å². The average Bonchev–Trinajstić information content (AvgIpc) is 2.41. The standard InChI is InChI=1S/C17H28N4O2/c1-10-5-6-11(7-14(10)22)20-13-8-15(21-17(2,3)4)19-9-12(13)16(18)23/h8-11,14,22H,5-7H2,1-4H3,(H2,18,23)(H2,19,20,21)/t10-,11-,14-/m1/s1. The van der Waals surface area contributed by atoms with Crippen LogP contribution in [0, 0.1) is 5.92 Å². The first-order valence-corrected chi connectivity index (χ1v) is 8.18. The third kappa shape index (κ3) is 4.82. The van der Waals surface area contributed by atoms with Crippen molar-refractivity contribution in [2.75, 3.05) is 10.6 Å². The van der Waals surface area contributed by atoms with Crippen molar-refractivity contribution in [3.05, 3.63) is 17.8 Å². The van der Waals surface area contributed by atoms with Crippen LogP contribution in [0.25, 0.3) is 0 Å². The molecule has 128 valence electrons. The van der Waals surface area contributed by atoms with E-state index in [9.17, 15) is 9.90 Å². The molecule has 1 aliphatic carbocycles. The summed E-state index contributed by atoms with van der Waals surface area (Å²) in [6, 6.07) is 1.94. The van der Waals surface area contributed by atoms with E-state index in [-0.39, 0.29) is 17.7 Å². The summed E-state index contributed by atoms with van der Waals surface area (Å²) in [5, 5.41) is 16.7. The molecule has 0 saturated heterocycles. The number of hydrogen-bond donors (Lipinski definition) is 4. The number of nitrogens with zero attached hydrogens (tertiary/aromatic N) is 1. The van der Waals surface area contributed by atoms with E-state index < -0.39 is 5.91 Å². The molecular formula is C17H28N4O2. The van der Waals surface area contributed by atoms with Crippen LogP contribution in [0.15, 0.2) is 12.3 Å². The fourth-order valence-corrected chi connectivity index (χ4v) is 2.87. The first kappa shape index (κ1) is 17.5. The highest BCUT2D eigenvalue weighted by molar-refractivity contribution is 5.98. The summed E-state index contributed by atoms with van der Waals surface area (Å²) in [7, 11) is 0. The second-order valence-electron chi connectivity index (χ2n) is 7.55.